The minimum absolute atomic E-state index is 0.223. The summed E-state index contributed by atoms with van der Waals surface area (Å²) in [6.07, 6.45) is 3.67. The number of ether oxygens (including phenoxy) is 1. The van der Waals surface area contributed by atoms with E-state index in [1.54, 1.807) is 12.4 Å². The number of pyridine rings is 1. The quantitative estimate of drug-likeness (QED) is 0.761. The van der Waals surface area contributed by atoms with Gasteiger partial charge in [0.25, 0.3) is 0 Å². The Hall–Kier alpha value is -2.61. The van der Waals surface area contributed by atoms with Crippen LogP contribution >= 0.6 is 0 Å². The third-order valence-corrected chi connectivity index (χ3v) is 3.83. The van der Waals surface area contributed by atoms with Crippen LogP contribution in [0, 0.1) is 0 Å². The highest BCUT2D eigenvalue weighted by molar-refractivity contribution is 5.73. The Morgan fingerprint density at radius 3 is 2.96 bits per heavy atom. The topological polar surface area (TPSA) is 95.2 Å². The molecule has 3 heterocycles. The molecule has 3 N–H and O–H groups in total. The monoisotopic (exact) mass is 330 g/mol. The molecule has 0 radical (unpaired) electrons. The maximum absolute atomic E-state index is 11.8. The number of amides is 2. The summed E-state index contributed by atoms with van der Waals surface area (Å²) in [7, 11) is 0. The van der Waals surface area contributed by atoms with Crippen molar-refractivity contribution < 1.29 is 9.53 Å². The van der Waals surface area contributed by atoms with Crippen molar-refractivity contribution in [3.05, 3.63) is 41.9 Å². The second-order valence-electron chi connectivity index (χ2n) is 5.77. The molecule has 2 amide bonds. The first-order chi connectivity index (χ1) is 11.7. The smallest absolute Gasteiger partial charge is 0.315 e. The van der Waals surface area contributed by atoms with E-state index in [1.807, 2.05) is 18.2 Å². The van der Waals surface area contributed by atoms with E-state index in [9.17, 15) is 4.79 Å². The van der Waals surface area contributed by atoms with E-state index < -0.39 is 0 Å². The SMILES string of the molecule is C[C@H]1CN(c2ccc(CNC(=O)NCc3ccn[nH]3)cn2)CCO1. The standard InChI is InChI=1S/C16H22N6O2/c1-12-11-22(6-7-24-12)15-3-2-13(8-17-15)9-18-16(23)19-10-14-4-5-20-21-14/h2-5,8,12H,6-7,9-11H2,1H3,(H,20,21)(H2,18,19,23)/t12-/m0/s1. The Balaban J connectivity index is 1.44. The van der Waals surface area contributed by atoms with Crippen molar-refractivity contribution >= 4 is 11.8 Å². The lowest BCUT2D eigenvalue weighted by Crippen LogP contribution is -2.41. The molecule has 0 saturated carbocycles. The van der Waals surface area contributed by atoms with Gasteiger partial charge in [-0.25, -0.2) is 9.78 Å². The normalized spacial score (nSPS) is 17.5. The maximum Gasteiger partial charge on any atom is 0.315 e. The van der Waals surface area contributed by atoms with Crippen LogP contribution in [-0.4, -0.2) is 47.0 Å². The van der Waals surface area contributed by atoms with E-state index in [2.05, 4.69) is 37.6 Å². The van der Waals surface area contributed by atoms with Crippen LogP contribution in [0.1, 0.15) is 18.2 Å². The van der Waals surface area contributed by atoms with Crippen molar-refractivity contribution in [2.75, 3.05) is 24.6 Å². The van der Waals surface area contributed by atoms with Crippen molar-refractivity contribution in [3.8, 4) is 0 Å². The van der Waals surface area contributed by atoms with Crippen LogP contribution in [0.3, 0.4) is 0 Å². The second-order valence-corrected chi connectivity index (χ2v) is 5.77. The zero-order chi connectivity index (χ0) is 16.8. The molecule has 128 valence electrons. The van der Waals surface area contributed by atoms with Crippen LogP contribution in [0.25, 0.3) is 0 Å². The number of aromatic amines is 1. The highest BCUT2D eigenvalue weighted by Gasteiger charge is 2.17. The molecular formula is C16H22N6O2. The zero-order valence-corrected chi connectivity index (χ0v) is 13.7. The number of nitrogens with one attached hydrogen (secondary N) is 3. The average molecular weight is 330 g/mol. The molecule has 1 atom stereocenters. The van der Waals surface area contributed by atoms with Gasteiger partial charge in [-0.3, -0.25) is 5.10 Å². The molecule has 8 heteroatoms. The van der Waals surface area contributed by atoms with Crippen molar-refractivity contribution in [1.82, 2.24) is 25.8 Å². The summed E-state index contributed by atoms with van der Waals surface area (Å²) in [5.74, 6) is 0.942. The first kappa shape index (κ1) is 16.3. The molecular weight excluding hydrogens is 308 g/mol. The predicted molar refractivity (Wildman–Crippen MR) is 89.5 cm³/mol. The number of nitrogens with zero attached hydrogens (tertiary/aromatic N) is 3. The third kappa shape index (κ3) is 4.45. The summed E-state index contributed by atoms with van der Waals surface area (Å²) in [6.45, 7) is 5.33. The fraction of sp³-hybridized carbons (Fsp3) is 0.438. The van der Waals surface area contributed by atoms with Crippen LogP contribution in [0.4, 0.5) is 10.6 Å². The number of hydrogen-bond acceptors (Lipinski definition) is 5. The van der Waals surface area contributed by atoms with Crippen molar-refractivity contribution in [1.29, 1.82) is 0 Å². The summed E-state index contributed by atoms with van der Waals surface area (Å²) in [6, 6.07) is 5.56. The van der Waals surface area contributed by atoms with Gasteiger partial charge in [0.15, 0.2) is 0 Å². The highest BCUT2D eigenvalue weighted by Crippen LogP contribution is 2.15. The third-order valence-electron chi connectivity index (χ3n) is 3.83. The Morgan fingerprint density at radius 2 is 2.25 bits per heavy atom. The van der Waals surface area contributed by atoms with Crippen LogP contribution in [0.2, 0.25) is 0 Å². The van der Waals surface area contributed by atoms with Gasteiger partial charge in [0.2, 0.25) is 0 Å². The van der Waals surface area contributed by atoms with E-state index >= 15 is 0 Å². The number of urea groups is 1. The summed E-state index contributed by atoms with van der Waals surface area (Å²) in [5.41, 5.74) is 1.81. The summed E-state index contributed by atoms with van der Waals surface area (Å²) in [4.78, 5) is 18.5. The number of carbonyl (C=O) groups excluding carboxylic acids is 1. The lowest BCUT2D eigenvalue weighted by molar-refractivity contribution is 0.0529. The number of carbonyl (C=O) groups is 1. The predicted octanol–water partition coefficient (Wildman–Crippen LogP) is 1.03. The lowest BCUT2D eigenvalue weighted by Gasteiger charge is -2.32. The Labute approximate surface area is 140 Å². The van der Waals surface area contributed by atoms with Crippen molar-refractivity contribution in [2.45, 2.75) is 26.1 Å². The molecule has 8 nitrogen and oxygen atoms in total. The van der Waals surface area contributed by atoms with Gasteiger partial charge >= 0.3 is 6.03 Å². The van der Waals surface area contributed by atoms with Crippen molar-refractivity contribution in [2.24, 2.45) is 0 Å². The highest BCUT2D eigenvalue weighted by atomic mass is 16.5. The van der Waals surface area contributed by atoms with Gasteiger partial charge in [-0.1, -0.05) is 6.07 Å². The molecule has 0 aromatic carbocycles. The molecule has 1 saturated heterocycles. The van der Waals surface area contributed by atoms with E-state index in [-0.39, 0.29) is 12.1 Å². The number of morpholine rings is 1. The van der Waals surface area contributed by atoms with Crippen LogP contribution in [-0.2, 0) is 17.8 Å². The number of hydrogen-bond donors (Lipinski definition) is 3. The lowest BCUT2D eigenvalue weighted by atomic mass is 10.2. The molecule has 1 aliphatic rings. The van der Waals surface area contributed by atoms with Gasteiger partial charge in [0, 0.05) is 32.0 Å². The molecule has 1 aliphatic heterocycles. The zero-order valence-electron chi connectivity index (χ0n) is 13.7. The molecule has 2 aromatic heterocycles. The van der Waals surface area contributed by atoms with Gasteiger partial charge < -0.3 is 20.3 Å². The minimum atomic E-state index is -0.226. The largest absolute Gasteiger partial charge is 0.375 e. The summed E-state index contributed by atoms with van der Waals surface area (Å²) in [5, 5.41) is 12.2. The Morgan fingerprint density at radius 1 is 1.38 bits per heavy atom. The van der Waals surface area contributed by atoms with E-state index in [1.165, 1.54) is 0 Å². The first-order valence-corrected chi connectivity index (χ1v) is 8.02. The Bertz CT molecular complexity index is 643. The minimum Gasteiger partial charge on any atom is -0.375 e. The number of aromatic nitrogens is 3. The molecule has 0 bridgehead atoms. The van der Waals surface area contributed by atoms with Gasteiger partial charge in [0.1, 0.15) is 5.82 Å². The molecule has 24 heavy (non-hydrogen) atoms. The summed E-state index contributed by atoms with van der Waals surface area (Å²) < 4.78 is 5.54. The molecule has 3 rings (SSSR count). The van der Waals surface area contributed by atoms with Gasteiger partial charge in [-0.15, -0.1) is 0 Å². The molecule has 1 fully saturated rings. The van der Waals surface area contributed by atoms with Gasteiger partial charge in [0.05, 0.1) is 24.9 Å². The molecule has 2 aromatic rings. The van der Waals surface area contributed by atoms with E-state index in [4.69, 9.17) is 4.74 Å². The van der Waals surface area contributed by atoms with Crippen LogP contribution in [0.15, 0.2) is 30.6 Å². The summed E-state index contributed by atoms with van der Waals surface area (Å²) >= 11 is 0. The van der Waals surface area contributed by atoms with E-state index in [0.29, 0.717) is 13.1 Å². The number of anilines is 1. The number of H-pyrrole nitrogens is 1. The number of rotatable bonds is 5. The fourth-order valence-electron chi connectivity index (χ4n) is 2.54. The van der Waals surface area contributed by atoms with Gasteiger partial charge in [-0.05, 0) is 24.6 Å². The molecule has 0 spiro atoms. The Kier molecular flexibility index (Phi) is 5.27. The fourth-order valence-corrected chi connectivity index (χ4v) is 2.54. The van der Waals surface area contributed by atoms with Crippen LogP contribution < -0.4 is 15.5 Å². The first-order valence-electron chi connectivity index (χ1n) is 8.02. The van der Waals surface area contributed by atoms with E-state index in [0.717, 1.165) is 36.8 Å². The molecule has 0 aliphatic carbocycles. The molecule has 0 unspecified atom stereocenters. The second kappa shape index (κ2) is 7.78. The average Bonchev–Trinajstić information content (AvgIpc) is 3.12. The van der Waals surface area contributed by atoms with Crippen LogP contribution in [0.5, 0.6) is 0 Å². The maximum atomic E-state index is 11.8. The van der Waals surface area contributed by atoms with Gasteiger partial charge in [-0.2, -0.15) is 5.10 Å². The van der Waals surface area contributed by atoms with Crippen molar-refractivity contribution in [3.63, 3.8) is 0 Å².